The van der Waals surface area contributed by atoms with Gasteiger partial charge in [0.1, 0.15) is 24.4 Å². The third-order valence-corrected chi connectivity index (χ3v) is 2.33. The van der Waals surface area contributed by atoms with Crippen molar-refractivity contribution in [2.45, 2.75) is 6.54 Å². The van der Waals surface area contributed by atoms with E-state index in [9.17, 15) is 4.79 Å². The first-order valence-electron chi connectivity index (χ1n) is 5.37. The van der Waals surface area contributed by atoms with E-state index in [0.717, 1.165) is 0 Å². The van der Waals surface area contributed by atoms with Crippen molar-refractivity contribution in [3.05, 3.63) is 18.2 Å². The lowest BCUT2D eigenvalue weighted by Crippen LogP contribution is -2.10. The van der Waals surface area contributed by atoms with E-state index in [1.54, 1.807) is 25.3 Å². The Morgan fingerprint density at radius 3 is 3.00 bits per heavy atom. The molecule has 0 saturated heterocycles. The highest BCUT2D eigenvalue weighted by Crippen LogP contribution is 2.18. The maximum absolute atomic E-state index is 10.6. The molecular weight excluding hydrogens is 238 g/mol. The van der Waals surface area contributed by atoms with Crippen LogP contribution in [-0.4, -0.2) is 46.4 Å². The van der Waals surface area contributed by atoms with E-state index in [1.165, 1.54) is 4.68 Å². The highest BCUT2D eigenvalue weighted by molar-refractivity contribution is 5.77. The van der Waals surface area contributed by atoms with E-state index >= 15 is 0 Å². The van der Waals surface area contributed by atoms with Crippen molar-refractivity contribution in [2.75, 3.05) is 20.3 Å². The van der Waals surface area contributed by atoms with E-state index in [0.29, 0.717) is 30.0 Å². The molecule has 18 heavy (non-hydrogen) atoms. The number of carboxylic acids is 1. The molecular formula is C11H13N3O4. The zero-order chi connectivity index (χ0) is 13.0. The molecule has 2 aromatic rings. The molecule has 0 spiro atoms. The van der Waals surface area contributed by atoms with Gasteiger partial charge in [0.2, 0.25) is 0 Å². The van der Waals surface area contributed by atoms with E-state index in [1.807, 2.05) is 0 Å². The van der Waals surface area contributed by atoms with Gasteiger partial charge in [-0.3, -0.25) is 4.79 Å². The lowest BCUT2D eigenvalue weighted by atomic mass is 10.3. The van der Waals surface area contributed by atoms with Crippen molar-refractivity contribution >= 4 is 17.0 Å². The number of carbonyl (C=O) groups is 1. The normalized spacial score (nSPS) is 10.7. The molecule has 0 unspecified atom stereocenters. The fourth-order valence-electron chi connectivity index (χ4n) is 1.53. The molecule has 1 aromatic heterocycles. The number of benzene rings is 1. The Morgan fingerprint density at radius 2 is 2.28 bits per heavy atom. The molecule has 7 nitrogen and oxygen atoms in total. The first kappa shape index (κ1) is 12.3. The van der Waals surface area contributed by atoms with E-state index < -0.39 is 5.97 Å². The van der Waals surface area contributed by atoms with E-state index in [4.69, 9.17) is 14.6 Å². The summed E-state index contributed by atoms with van der Waals surface area (Å²) in [6.07, 6.45) is 0. The Kier molecular flexibility index (Phi) is 3.73. The van der Waals surface area contributed by atoms with Gasteiger partial charge in [-0.05, 0) is 12.1 Å². The van der Waals surface area contributed by atoms with Gasteiger partial charge in [0.15, 0.2) is 0 Å². The second-order valence-electron chi connectivity index (χ2n) is 3.63. The summed E-state index contributed by atoms with van der Waals surface area (Å²) in [5, 5.41) is 16.4. The first-order chi connectivity index (χ1) is 8.70. The van der Waals surface area contributed by atoms with Crippen LogP contribution in [0.1, 0.15) is 0 Å². The Morgan fingerprint density at radius 1 is 1.44 bits per heavy atom. The van der Waals surface area contributed by atoms with Crippen molar-refractivity contribution < 1.29 is 19.4 Å². The number of aliphatic carboxylic acids is 1. The van der Waals surface area contributed by atoms with Crippen LogP contribution in [0.3, 0.4) is 0 Å². The Bertz CT molecular complexity index is 552. The summed E-state index contributed by atoms with van der Waals surface area (Å²) in [5.41, 5.74) is 1.27. The number of fused-ring (bicyclic) bond motifs is 1. The summed E-state index contributed by atoms with van der Waals surface area (Å²) in [6, 6.07) is 5.20. The van der Waals surface area contributed by atoms with Gasteiger partial charge >= 0.3 is 5.97 Å². The van der Waals surface area contributed by atoms with Crippen molar-refractivity contribution in [3.63, 3.8) is 0 Å². The molecule has 0 aliphatic heterocycles. The number of aromatic nitrogens is 3. The second kappa shape index (κ2) is 5.46. The summed E-state index contributed by atoms with van der Waals surface area (Å²) in [4.78, 5) is 10.6. The van der Waals surface area contributed by atoms with Gasteiger partial charge in [0, 0.05) is 13.2 Å². The zero-order valence-corrected chi connectivity index (χ0v) is 9.87. The van der Waals surface area contributed by atoms with Crippen LogP contribution in [0.5, 0.6) is 5.75 Å². The molecule has 96 valence electrons. The number of nitrogens with zero attached hydrogens (tertiary/aromatic N) is 3. The SMILES string of the molecule is COCCOc1ccc2c(c1)nnn2CC(=O)O. The third-order valence-electron chi connectivity index (χ3n) is 2.33. The van der Waals surface area contributed by atoms with Gasteiger partial charge < -0.3 is 14.6 Å². The number of carboxylic acid groups (broad SMARTS) is 1. The van der Waals surface area contributed by atoms with Crippen molar-refractivity contribution in [1.82, 2.24) is 15.0 Å². The average molecular weight is 251 g/mol. The first-order valence-corrected chi connectivity index (χ1v) is 5.37. The van der Waals surface area contributed by atoms with Crippen molar-refractivity contribution in [3.8, 4) is 5.75 Å². The molecule has 1 heterocycles. The van der Waals surface area contributed by atoms with Crippen LogP contribution in [0.2, 0.25) is 0 Å². The van der Waals surface area contributed by atoms with Gasteiger partial charge in [0.05, 0.1) is 12.1 Å². The molecule has 0 amide bonds. The zero-order valence-electron chi connectivity index (χ0n) is 9.87. The van der Waals surface area contributed by atoms with Crippen molar-refractivity contribution in [1.29, 1.82) is 0 Å². The summed E-state index contributed by atoms with van der Waals surface area (Å²) < 4.78 is 11.6. The van der Waals surface area contributed by atoms with Crippen LogP contribution < -0.4 is 4.74 Å². The largest absolute Gasteiger partial charge is 0.491 e. The fraction of sp³-hybridized carbons (Fsp3) is 0.364. The maximum atomic E-state index is 10.6. The molecule has 7 heteroatoms. The van der Waals surface area contributed by atoms with E-state index in [2.05, 4.69) is 10.3 Å². The molecule has 0 aliphatic carbocycles. The fourth-order valence-corrected chi connectivity index (χ4v) is 1.53. The summed E-state index contributed by atoms with van der Waals surface area (Å²) >= 11 is 0. The quantitative estimate of drug-likeness (QED) is 0.754. The average Bonchev–Trinajstić information content (AvgIpc) is 2.72. The monoisotopic (exact) mass is 251 g/mol. The summed E-state index contributed by atoms with van der Waals surface area (Å²) in [7, 11) is 1.60. The predicted octanol–water partition coefficient (Wildman–Crippen LogP) is 0.541. The standard InChI is InChI=1S/C11H13N3O4/c1-17-4-5-18-8-2-3-10-9(6-8)12-13-14(10)7-11(15)16/h2-3,6H,4-5,7H2,1H3,(H,15,16). The minimum absolute atomic E-state index is 0.208. The predicted molar refractivity (Wildman–Crippen MR) is 62.5 cm³/mol. The summed E-state index contributed by atoms with van der Waals surface area (Å²) in [6.45, 7) is 0.745. The van der Waals surface area contributed by atoms with Crippen LogP contribution >= 0.6 is 0 Å². The number of methoxy groups -OCH3 is 1. The summed E-state index contributed by atoms with van der Waals surface area (Å²) in [5.74, 6) is -0.302. The van der Waals surface area contributed by atoms with Gasteiger partial charge in [-0.15, -0.1) is 5.10 Å². The highest BCUT2D eigenvalue weighted by atomic mass is 16.5. The molecule has 0 aliphatic rings. The molecule has 1 N–H and O–H groups in total. The van der Waals surface area contributed by atoms with Crippen LogP contribution in [0.4, 0.5) is 0 Å². The molecule has 1 aromatic carbocycles. The minimum atomic E-state index is -0.956. The number of rotatable bonds is 6. The molecule has 2 rings (SSSR count). The Hall–Kier alpha value is -2.15. The lowest BCUT2D eigenvalue weighted by Gasteiger charge is -2.05. The third kappa shape index (κ3) is 2.75. The lowest BCUT2D eigenvalue weighted by molar-refractivity contribution is -0.137. The molecule has 0 fully saturated rings. The number of hydrogen-bond acceptors (Lipinski definition) is 5. The van der Waals surface area contributed by atoms with Gasteiger partial charge in [0.25, 0.3) is 0 Å². The highest BCUT2D eigenvalue weighted by Gasteiger charge is 2.08. The number of ether oxygens (including phenoxy) is 2. The van der Waals surface area contributed by atoms with Crippen molar-refractivity contribution in [2.24, 2.45) is 0 Å². The van der Waals surface area contributed by atoms with Crippen LogP contribution in [-0.2, 0) is 16.1 Å². The smallest absolute Gasteiger partial charge is 0.325 e. The molecule has 0 radical (unpaired) electrons. The van der Waals surface area contributed by atoms with Gasteiger partial charge in [-0.2, -0.15) is 0 Å². The van der Waals surface area contributed by atoms with Crippen LogP contribution in [0.15, 0.2) is 18.2 Å². The molecule has 0 atom stereocenters. The molecule has 0 saturated carbocycles. The maximum Gasteiger partial charge on any atom is 0.325 e. The van der Waals surface area contributed by atoms with Crippen LogP contribution in [0.25, 0.3) is 11.0 Å². The second-order valence-corrected chi connectivity index (χ2v) is 3.63. The Labute approximate surface area is 103 Å². The minimum Gasteiger partial charge on any atom is -0.491 e. The van der Waals surface area contributed by atoms with E-state index in [-0.39, 0.29) is 6.54 Å². The molecule has 0 bridgehead atoms. The Balaban J connectivity index is 2.17. The topological polar surface area (TPSA) is 86.5 Å². The van der Waals surface area contributed by atoms with Crippen LogP contribution in [0, 0.1) is 0 Å². The number of hydrogen-bond donors (Lipinski definition) is 1. The van der Waals surface area contributed by atoms with Gasteiger partial charge in [-0.25, -0.2) is 4.68 Å². The van der Waals surface area contributed by atoms with Gasteiger partial charge in [-0.1, -0.05) is 5.21 Å².